The summed E-state index contributed by atoms with van der Waals surface area (Å²) in [4.78, 5) is 10.8. The van der Waals surface area contributed by atoms with Crippen molar-refractivity contribution in [1.82, 2.24) is 4.98 Å². The summed E-state index contributed by atoms with van der Waals surface area (Å²) in [6.45, 7) is 48.6. The van der Waals surface area contributed by atoms with E-state index in [2.05, 4.69) is 270 Å². The van der Waals surface area contributed by atoms with Crippen LogP contribution in [0, 0.1) is 0 Å². The molecule has 0 N–H and O–H groups in total. The van der Waals surface area contributed by atoms with Gasteiger partial charge in [-0.15, -0.1) is 0 Å². The molecule has 0 atom stereocenters. The molecule has 0 saturated carbocycles. The van der Waals surface area contributed by atoms with E-state index in [0.717, 1.165) is 28.4 Å². The average molecular weight is 956 g/mol. The Hall–Kier alpha value is -5.81. The summed E-state index contributed by atoms with van der Waals surface area (Å²) < 4.78 is 7.42. The molecule has 5 heteroatoms. The Kier molecular flexibility index (Phi) is 12.0. The molecule has 0 radical (unpaired) electrons. The summed E-state index contributed by atoms with van der Waals surface area (Å²) in [6.07, 6.45) is 0. The standard InChI is InChI=1S/C67H82BN3O/c1-61(2,3)44-28-26-42(27-29-44)41-22-24-43(25-23-41)59-69-58-60(72-59)71(52-36-48(65(13,14)15)33-49(37-52)66(16,17)18)56-40-50(67(19,20)21)39-55-57(56)68(58)53-38-45(62(4,5)6)30-31-54(53)70(55)51-34-46(63(7,8)9)32-47(35-51)64(10,11)12/h22-40H,1-21H3. The fraction of sp³-hybridized carbons (Fsp3) is 0.418. The van der Waals surface area contributed by atoms with Crippen molar-refractivity contribution in [2.45, 2.75) is 183 Å². The van der Waals surface area contributed by atoms with Crippen LogP contribution >= 0.6 is 0 Å². The van der Waals surface area contributed by atoms with E-state index in [1.165, 1.54) is 78.1 Å². The van der Waals surface area contributed by atoms with Crippen LogP contribution in [0.3, 0.4) is 0 Å². The van der Waals surface area contributed by atoms with Crippen molar-refractivity contribution in [2.24, 2.45) is 0 Å². The van der Waals surface area contributed by atoms with Crippen LogP contribution < -0.4 is 26.3 Å². The summed E-state index contributed by atoms with van der Waals surface area (Å²) in [5, 5.41) is 0. The largest absolute Gasteiger partial charge is 0.420 e. The monoisotopic (exact) mass is 956 g/mol. The Morgan fingerprint density at radius 3 is 1.14 bits per heavy atom. The van der Waals surface area contributed by atoms with E-state index in [0.29, 0.717) is 5.89 Å². The van der Waals surface area contributed by atoms with Crippen LogP contribution in [0.5, 0.6) is 0 Å². The molecule has 3 heterocycles. The Labute approximate surface area is 434 Å². The van der Waals surface area contributed by atoms with E-state index in [4.69, 9.17) is 9.40 Å². The lowest BCUT2D eigenvalue weighted by atomic mass is 9.35. The van der Waals surface area contributed by atoms with E-state index >= 15 is 0 Å². The van der Waals surface area contributed by atoms with Crippen LogP contribution in [0.4, 0.5) is 34.3 Å². The molecule has 1 aromatic heterocycles. The van der Waals surface area contributed by atoms with Crippen molar-refractivity contribution in [2.75, 3.05) is 9.80 Å². The van der Waals surface area contributed by atoms with Gasteiger partial charge in [-0.3, -0.25) is 4.90 Å². The first-order valence-electron chi connectivity index (χ1n) is 26.6. The molecule has 0 aliphatic carbocycles. The van der Waals surface area contributed by atoms with E-state index < -0.39 is 0 Å². The van der Waals surface area contributed by atoms with E-state index in [9.17, 15) is 0 Å². The van der Waals surface area contributed by atoms with Crippen molar-refractivity contribution in [3.63, 3.8) is 0 Å². The minimum absolute atomic E-state index is 0.0688. The van der Waals surface area contributed by atoms with Gasteiger partial charge in [-0.05, 0) is 153 Å². The van der Waals surface area contributed by atoms with Gasteiger partial charge in [0, 0.05) is 34.0 Å². The third kappa shape index (κ3) is 9.39. The van der Waals surface area contributed by atoms with Crippen LogP contribution in [0.25, 0.3) is 22.6 Å². The number of nitrogens with zero attached hydrogens (tertiary/aromatic N) is 3. The summed E-state index contributed by atoms with van der Waals surface area (Å²) in [5.41, 5.74) is 21.1. The lowest BCUT2D eigenvalue weighted by Gasteiger charge is -2.44. The molecule has 2 aliphatic heterocycles. The van der Waals surface area contributed by atoms with Crippen LogP contribution in [0.15, 0.2) is 120 Å². The molecule has 0 saturated heterocycles. The van der Waals surface area contributed by atoms with Crippen molar-refractivity contribution in [3.05, 3.63) is 154 Å². The van der Waals surface area contributed by atoms with Crippen LogP contribution in [0.2, 0.25) is 0 Å². The molecule has 4 nitrogen and oxygen atoms in total. The zero-order valence-electron chi connectivity index (χ0n) is 47.8. The Morgan fingerprint density at radius 2 is 0.708 bits per heavy atom. The highest BCUT2D eigenvalue weighted by Crippen LogP contribution is 2.49. The van der Waals surface area contributed by atoms with Gasteiger partial charge < -0.3 is 9.32 Å². The molecule has 374 valence electrons. The third-order valence-electron chi connectivity index (χ3n) is 15.4. The van der Waals surface area contributed by atoms with E-state index in [-0.39, 0.29) is 44.6 Å². The second-order valence-corrected chi connectivity index (χ2v) is 28.5. The van der Waals surface area contributed by atoms with Crippen molar-refractivity contribution in [3.8, 4) is 22.6 Å². The van der Waals surface area contributed by atoms with Gasteiger partial charge in [0.2, 0.25) is 11.8 Å². The molecular formula is C67H82BN3O. The zero-order valence-corrected chi connectivity index (χ0v) is 47.8. The number of oxazole rings is 1. The molecule has 2 aliphatic rings. The SMILES string of the molecule is CC(C)(C)c1ccc(-c2ccc(-c3nc4c(o3)N(c3cc(C(C)(C)C)cc(C(C)(C)C)c3)c3cc(C(C)(C)C)cc5c3B4c3cc(C(C)(C)C)ccc3N5c3cc(C(C)(C)C)cc(C(C)(C)C)c3)cc2)cc1. The number of hydrogen-bond donors (Lipinski definition) is 0. The molecule has 72 heavy (non-hydrogen) atoms. The molecule has 7 aromatic rings. The Bertz CT molecular complexity index is 3140. The first-order valence-corrected chi connectivity index (χ1v) is 26.6. The minimum atomic E-state index is -0.206. The molecule has 6 aromatic carbocycles. The Balaban J connectivity index is 1.38. The third-order valence-corrected chi connectivity index (χ3v) is 15.4. The number of fused-ring (bicyclic) bond motifs is 4. The van der Waals surface area contributed by atoms with Gasteiger partial charge in [-0.1, -0.05) is 206 Å². The van der Waals surface area contributed by atoms with Crippen molar-refractivity contribution >= 4 is 57.6 Å². The topological polar surface area (TPSA) is 32.5 Å². The highest BCUT2D eigenvalue weighted by Gasteiger charge is 2.48. The zero-order chi connectivity index (χ0) is 52.6. The summed E-state index contributed by atoms with van der Waals surface area (Å²) in [5.74, 6) is 1.40. The molecule has 0 amide bonds. The summed E-state index contributed by atoms with van der Waals surface area (Å²) in [6, 6.07) is 44.6. The summed E-state index contributed by atoms with van der Waals surface area (Å²) in [7, 11) is 0. The normalized spacial score (nSPS) is 14.4. The van der Waals surface area contributed by atoms with Gasteiger partial charge in [-0.2, -0.15) is 0 Å². The molecular weight excluding hydrogens is 874 g/mol. The lowest BCUT2D eigenvalue weighted by Crippen LogP contribution is -2.62. The molecule has 0 fully saturated rings. The number of anilines is 6. The van der Waals surface area contributed by atoms with Gasteiger partial charge in [-0.25, -0.2) is 4.98 Å². The fourth-order valence-corrected chi connectivity index (χ4v) is 10.4. The average Bonchev–Trinajstić information content (AvgIpc) is 3.71. The first kappa shape index (κ1) is 51.1. The number of rotatable bonds is 4. The number of aromatic nitrogens is 1. The van der Waals surface area contributed by atoms with Gasteiger partial charge in [0.15, 0.2) is 0 Å². The maximum absolute atomic E-state index is 7.42. The van der Waals surface area contributed by atoms with Crippen LogP contribution in [0.1, 0.15) is 184 Å². The highest BCUT2D eigenvalue weighted by molar-refractivity contribution is 6.99. The predicted molar refractivity (Wildman–Crippen MR) is 312 cm³/mol. The van der Waals surface area contributed by atoms with Gasteiger partial charge in [0.05, 0.1) is 5.59 Å². The van der Waals surface area contributed by atoms with E-state index in [1.807, 2.05) is 0 Å². The summed E-state index contributed by atoms with van der Waals surface area (Å²) >= 11 is 0. The number of hydrogen-bond acceptors (Lipinski definition) is 4. The van der Waals surface area contributed by atoms with Crippen LogP contribution in [-0.4, -0.2) is 11.7 Å². The highest BCUT2D eigenvalue weighted by atomic mass is 16.4. The quantitative estimate of drug-likeness (QED) is 0.165. The molecule has 9 rings (SSSR count). The van der Waals surface area contributed by atoms with Gasteiger partial charge in [0.1, 0.15) is 0 Å². The van der Waals surface area contributed by atoms with Crippen molar-refractivity contribution < 1.29 is 4.42 Å². The second-order valence-electron chi connectivity index (χ2n) is 28.5. The minimum Gasteiger partial charge on any atom is -0.420 e. The maximum Gasteiger partial charge on any atom is 0.279 e. The second kappa shape index (κ2) is 16.9. The number of benzene rings is 6. The van der Waals surface area contributed by atoms with Crippen molar-refractivity contribution in [1.29, 1.82) is 0 Å². The fourth-order valence-electron chi connectivity index (χ4n) is 10.4. The van der Waals surface area contributed by atoms with Crippen LogP contribution in [-0.2, 0) is 37.9 Å². The molecule has 0 spiro atoms. The smallest absolute Gasteiger partial charge is 0.279 e. The lowest BCUT2D eigenvalue weighted by molar-refractivity contribution is 0.566. The maximum atomic E-state index is 7.42. The Morgan fingerprint density at radius 1 is 0.347 bits per heavy atom. The van der Waals surface area contributed by atoms with Gasteiger partial charge in [0.25, 0.3) is 6.71 Å². The predicted octanol–water partition coefficient (Wildman–Crippen LogP) is 17.2. The van der Waals surface area contributed by atoms with Gasteiger partial charge >= 0.3 is 0 Å². The first-order chi connectivity index (χ1) is 33.1. The van der Waals surface area contributed by atoms with E-state index in [1.54, 1.807) is 0 Å². The molecule has 0 bridgehead atoms. The molecule has 0 unspecified atom stereocenters.